The SMILES string of the molecule is CCNC1CCC(N2C(=O)C(C)C(C)C2=O)CC1. The van der Waals surface area contributed by atoms with Gasteiger partial charge in [0.05, 0.1) is 0 Å². The van der Waals surface area contributed by atoms with E-state index in [-0.39, 0.29) is 29.7 Å². The lowest BCUT2D eigenvalue weighted by Gasteiger charge is -2.34. The molecule has 0 spiro atoms. The molecule has 2 aliphatic rings. The molecule has 1 aliphatic carbocycles. The standard InChI is InChI=1S/C14H24N2O2/c1-4-15-11-5-7-12(8-6-11)16-13(17)9(2)10(3)14(16)18/h9-12,15H,4-8H2,1-3H3. The number of likely N-dealkylation sites (tertiary alicyclic amines) is 1. The van der Waals surface area contributed by atoms with E-state index in [0.717, 1.165) is 32.2 Å². The smallest absolute Gasteiger partial charge is 0.233 e. The van der Waals surface area contributed by atoms with Gasteiger partial charge in [0.2, 0.25) is 11.8 Å². The highest BCUT2D eigenvalue weighted by Crippen LogP contribution is 2.32. The molecule has 102 valence electrons. The molecule has 0 aromatic rings. The summed E-state index contributed by atoms with van der Waals surface area (Å²) in [4.78, 5) is 25.8. The third kappa shape index (κ3) is 2.30. The first-order valence-corrected chi connectivity index (χ1v) is 7.16. The second-order valence-corrected chi connectivity index (χ2v) is 5.69. The fraction of sp³-hybridized carbons (Fsp3) is 0.857. The summed E-state index contributed by atoms with van der Waals surface area (Å²) in [6.45, 7) is 6.85. The van der Waals surface area contributed by atoms with Crippen LogP contribution in [0.3, 0.4) is 0 Å². The maximum absolute atomic E-state index is 12.1. The van der Waals surface area contributed by atoms with Gasteiger partial charge in [0.1, 0.15) is 0 Å². The highest BCUT2D eigenvalue weighted by molar-refractivity contribution is 6.05. The fourth-order valence-electron chi connectivity index (χ4n) is 3.16. The van der Waals surface area contributed by atoms with Crippen LogP contribution in [0, 0.1) is 11.8 Å². The topological polar surface area (TPSA) is 49.4 Å². The van der Waals surface area contributed by atoms with Gasteiger partial charge in [-0.2, -0.15) is 0 Å². The molecule has 2 unspecified atom stereocenters. The first-order valence-electron chi connectivity index (χ1n) is 7.16. The number of rotatable bonds is 3. The lowest BCUT2D eigenvalue weighted by atomic mass is 9.90. The largest absolute Gasteiger partial charge is 0.314 e. The molecule has 18 heavy (non-hydrogen) atoms. The Morgan fingerprint density at radius 3 is 2.00 bits per heavy atom. The summed E-state index contributed by atoms with van der Waals surface area (Å²) in [7, 11) is 0. The molecule has 1 N–H and O–H groups in total. The molecule has 0 radical (unpaired) electrons. The average molecular weight is 252 g/mol. The average Bonchev–Trinajstić information content (AvgIpc) is 2.56. The van der Waals surface area contributed by atoms with E-state index >= 15 is 0 Å². The van der Waals surface area contributed by atoms with E-state index in [9.17, 15) is 9.59 Å². The molecule has 2 atom stereocenters. The Kier molecular flexibility index (Phi) is 4.05. The van der Waals surface area contributed by atoms with E-state index in [1.54, 1.807) is 4.90 Å². The maximum atomic E-state index is 12.1. The van der Waals surface area contributed by atoms with E-state index in [2.05, 4.69) is 12.2 Å². The van der Waals surface area contributed by atoms with Gasteiger partial charge in [-0.3, -0.25) is 14.5 Å². The summed E-state index contributed by atoms with van der Waals surface area (Å²) in [6, 6.07) is 0.709. The van der Waals surface area contributed by atoms with E-state index in [1.807, 2.05) is 13.8 Å². The number of imide groups is 1. The van der Waals surface area contributed by atoms with Crippen LogP contribution in [0.1, 0.15) is 46.5 Å². The highest BCUT2D eigenvalue weighted by Gasteiger charge is 2.45. The summed E-state index contributed by atoms with van der Waals surface area (Å²) in [5, 5.41) is 3.45. The van der Waals surface area contributed by atoms with Crippen LogP contribution in [0.4, 0.5) is 0 Å². The van der Waals surface area contributed by atoms with Crippen molar-refractivity contribution in [1.82, 2.24) is 10.2 Å². The number of carbonyl (C=O) groups excluding carboxylic acids is 2. The molecular formula is C14H24N2O2. The zero-order chi connectivity index (χ0) is 13.3. The summed E-state index contributed by atoms with van der Waals surface area (Å²) >= 11 is 0. The van der Waals surface area contributed by atoms with Crippen molar-refractivity contribution in [2.75, 3.05) is 6.54 Å². The Morgan fingerprint density at radius 1 is 1.06 bits per heavy atom. The molecule has 0 aromatic carbocycles. The molecule has 4 nitrogen and oxygen atoms in total. The predicted molar refractivity (Wildman–Crippen MR) is 69.9 cm³/mol. The normalized spacial score (nSPS) is 37.4. The van der Waals surface area contributed by atoms with Gasteiger partial charge in [0.15, 0.2) is 0 Å². The van der Waals surface area contributed by atoms with Crippen LogP contribution in [-0.4, -0.2) is 35.3 Å². The van der Waals surface area contributed by atoms with Crippen LogP contribution in [-0.2, 0) is 9.59 Å². The molecule has 4 heteroatoms. The molecule has 1 heterocycles. The van der Waals surface area contributed by atoms with Crippen molar-refractivity contribution in [3.8, 4) is 0 Å². The Hall–Kier alpha value is -0.900. The summed E-state index contributed by atoms with van der Waals surface area (Å²) in [5.74, 6) is -0.188. The van der Waals surface area contributed by atoms with Crippen LogP contribution in [0.2, 0.25) is 0 Å². The minimum Gasteiger partial charge on any atom is -0.314 e. The first kappa shape index (κ1) is 13.5. The molecule has 0 aromatic heterocycles. The molecule has 1 aliphatic heterocycles. The summed E-state index contributed by atoms with van der Waals surface area (Å²) in [6.07, 6.45) is 4.04. The van der Waals surface area contributed by atoms with E-state index < -0.39 is 0 Å². The van der Waals surface area contributed by atoms with E-state index in [0.29, 0.717) is 6.04 Å². The monoisotopic (exact) mass is 252 g/mol. The quantitative estimate of drug-likeness (QED) is 0.775. The number of nitrogens with one attached hydrogen (secondary N) is 1. The number of amides is 2. The third-order valence-corrected chi connectivity index (χ3v) is 4.56. The molecule has 1 saturated heterocycles. The lowest BCUT2D eigenvalue weighted by molar-refractivity contribution is -0.143. The third-order valence-electron chi connectivity index (χ3n) is 4.56. The van der Waals surface area contributed by atoms with Crippen molar-refractivity contribution >= 4 is 11.8 Å². The molecule has 1 saturated carbocycles. The van der Waals surface area contributed by atoms with Gasteiger partial charge in [-0.25, -0.2) is 0 Å². The Morgan fingerprint density at radius 2 is 1.56 bits per heavy atom. The first-order chi connectivity index (χ1) is 8.56. The Labute approximate surface area is 109 Å². The molecular weight excluding hydrogens is 228 g/mol. The van der Waals surface area contributed by atoms with Crippen molar-refractivity contribution in [2.45, 2.75) is 58.5 Å². The number of hydrogen-bond donors (Lipinski definition) is 1. The van der Waals surface area contributed by atoms with Gasteiger partial charge >= 0.3 is 0 Å². The van der Waals surface area contributed by atoms with Crippen molar-refractivity contribution in [3.05, 3.63) is 0 Å². The minimum absolute atomic E-state index is 0.0411. The van der Waals surface area contributed by atoms with Crippen molar-refractivity contribution in [3.63, 3.8) is 0 Å². The molecule has 0 bridgehead atoms. The van der Waals surface area contributed by atoms with Gasteiger partial charge in [0.25, 0.3) is 0 Å². The number of nitrogens with zero attached hydrogens (tertiary/aromatic N) is 1. The fourth-order valence-corrected chi connectivity index (χ4v) is 3.16. The lowest BCUT2D eigenvalue weighted by Crippen LogP contribution is -2.45. The van der Waals surface area contributed by atoms with E-state index in [4.69, 9.17) is 0 Å². The van der Waals surface area contributed by atoms with Gasteiger partial charge in [-0.15, -0.1) is 0 Å². The van der Waals surface area contributed by atoms with E-state index in [1.165, 1.54) is 0 Å². The minimum atomic E-state index is -0.135. The number of carbonyl (C=O) groups is 2. The predicted octanol–water partition coefficient (Wildman–Crippen LogP) is 1.55. The Balaban J connectivity index is 1.97. The maximum Gasteiger partial charge on any atom is 0.233 e. The molecule has 2 amide bonds. The van der Waals surface area contributed by atoms with Gasteiger partial charge in [-0.1, -0.05) is 20.8 Å². The van der Waals surface area contributed by atoms with Crippen molar-refractivity contribution in [2.24, 2.45) is 11.8 Å². The highest BCUT2D eigenvalue weighted by atomic mass is 16.2. The second-order valence-electron chi connectivity index (χ2n) is 5.69. The van der Waals surface area contributed by atoms with Crippen molar-refractivity contribution in [1.29, 1.82) is 0 Å². The zero-order valence-corrected chi connectivity index (χ0v) is 11.6. The van der Waals surface area contributed by atoms with Crippen molar-refractivity contribution < 1.29 is 9.59 Å². The zero-order valence-electron chi connectivity index (χ0n) is 11.6. The van der Waals surface area contributed by atoms with Gasteiger partial charge in [0, 0.05) is 23.9 Å². The van der Waals surface area contributed by atoms with Gasteiger partial charge < -0.3 is 5.32 Å². The second kappa shape index (κ2) is 5.39. The van der Waals surface area contributed by atoms with Crippen LogP contribution >= 0.6 is 0 Å². The van der Waals surface area contributed by atoms with Crippen LogP contribution in [0.5, 0.6) is 0 Å². The molecule has 2 fully saturated rings. The number of hydrogen-bond acceptors (Lipinski definition) is 3. The van der Waals surface area contributed by atoms with Crippen LogP contribution < -0.4 is 5.32 Å². The molecule has 2 rings (SSSR count). The van der Waals surface area contributed by atoms with Gasteiger partial charge in [-0.05, 0) is 32.2 Å². The van der Waals surface area contributed by atoms with Crippen LogP contribution in [0.15, 0.2) is 0 Å². The summed E-state index contributed by atoms with van der Waals surface area (Å²) < 4.78 is 0. The van der Waals surface area contributed by atoms with Crippen LogP contribution in [0.25, 0.3) is 0 Å². The summed E-state index contributed by atoms with van der Waals surface area (Å²) in [5.41, 5.74) is 0. The Bertz CT molecular complexity index is 315.